The monoisotopic (exact) mass is 401 g/mol. The van der Waals surface area contributed by atoms with Gasteiger partial charge in [0.2, 0.25) is 5.71 Å². The van der Waals surface area contributed by atoms with Crippen molar-refractivity contribution in [2.75, 3.05) is 18.9 Å². The Bertz CT molecular complexity index is 1060. The Kier molecular flexibility index (Phi) is 6.15. The van der Waals surface area contributed by atoms with Crippen LogP contribution in [0, 0.1) is 6.92 Å². The molecule has 0 aliphatic heterocycles. The summed E-state index contributed by atoms with van der Waals surface area (Å²) in [7, 11) is 1.52. The molecular formula is C19H19N3O5S. The van der Waals surface area contributed by atoms with Crippen molar-refractivity contribution < 1.29 is 18.7 Å². The van der Waals surface area contributed by atoms with Gasteiger partial charge in [0.05, 0.1) is 0 Å². The lowest BCUT2D eigenvalue weighted by Gasteiger charge is -2.06. The number of amides is 1. The highest BCUT2D eigenvalue weighted by atomic mass is 32.2. The standard InChI is InChI=1S/C19H19N3O5S/c1-12-15(16-17(27-12)21-11-22(2)18(16)24)19(25)26-10-14(23)20-8-9-28-13-6-4-3-5-7-13/h3-7,11H,8-10H2,1-2H3,(H,20,23). The van der Waals surface area contributed by atoms with Crippen molar-refractivity contribution in [1.82, 2.24) is 14.9 Å². The molecule has 1 N–H and O–H groups in total. The van der Waals surface area contributed by atoms with Gasteiger partial charge >= 0.3 is 5.97 Å². The zero-order valence-corrected chi connectivity index (χ0v) is 16.2. The maximum absolute atomic E-state index is 12.4. The normalized spacial score (nSPS) is 10.8. The molecule has 2 heterocycles. The average molecular weight is 401 g/mol. The van der Waals surface area contributed by atoms with Crippen molar-refractivity contribution in [2.45, 2.75) is 11.8 Å². The van der Waals surface area contributed by atoms with Crippen LogP contribution in [-0.2, 0) is 16.6 Å². The summed E-state index contributed by atoms with van der Waals surface area (Å²) in [5.41, 5.74) is -0.359. The summed E-state index contributed by atoms with van der Waals surface area (Å²) in [5, 5.41) is 2.74. The lowest BCUT2D eigenvalue weighted by Crippen LogP contribution is -2.30. The van der Waals surface area contributed by atoms with Gasteiger partial charge in [-0.3, -0.25) is 9.59 Å². The summed E-state index contributed by atoms with van der Waals surface area (Å²) >= 11 is 1.61. The SMILES string of the molecule is Cc1oc2ncn(C)c(=O)c2c1C(=O)OCC(=O)NCCSc1ccccc1. The number of furan rings is 1. The highest BCUT2D eigenvalue weighted by Gasteiger charge is 2.24. The number of aryl methyl sites for hydroxylation is 2. The Morgan fingerprint density at radius 3 is 2.79 bits per heavy atom. The van der Waals surface area contributed by atoms with Gasteiger partial charge in [0, 0.05) is 24.2 Å². The smallest absolute Gasteiger partial charge is 0.343 e. The molecule has 0 atom stereocenters. The van der Waals surface area contributed by atoms with Crippen LogP contribution in [0.15, 0.2) is 50.8 Å². The van der Waals surface area contributed by atoms with Crippen molar-refractivity contribution >= 4 is 34.7 Å². The second-order valence-corrected chi connectivity index (χ2v) is 7.13. The molecule has 0 fully saturated rings. The number of ether oxygens (including phenoxy) is 1. The lowest BCUT2D eigenvalue weighted by molar-refractivity contribution is -0.124. The van der Waals surface area contributed by atoms with Crippen molar-refractivity contribution in [1.29, 1.82) is 0 Å². The van der Waals surface area contributed by atoms with E-state index < -0.39 is 24.0 Å². The third-order valence-electron chi connectivity index (χ3n) is 3.92. The molecular weight excluding hydrogens is 382 g/mol. The number of rotatable bonds is 7. The predicted octanol–water partition coefficient (Wildman–Crippen LogP) is 1.90. The Morgan fingerprint density at radius 1 is 1.29 bits per heavy atom. The van der Waals surface area contributed by atoms with Gasteiger partial charge in [0.1, 0.15) is 23.0 Å². The Labute approximate surface area is 164 Å². The van der Waals surface area contributed by atoms with Gasteiger partial charge in [-0.15, -0.1) is 11.8 Å². The van der Waals surface area contributed by atoms with Crippen LogP contribution in [0.5, 0.6) is 0 Å². The number of nitrogens with zero attached hydrogens (tertiary/aromatic N) is 2. The van der Waals surface area contributed by atoms with Gasteiger partial charge in [-0.1, -0.05) is 18.2 Å². The van der Waals surface area contributed by atoms with E-state index in [1.54, 1.807) is 18.7 Å². The molecule has 8 nitrogen and oxygen atoms in total. The van der Waals surface area contributed by atoms with Gasteiger partial charge < -0.3 is 19.0 Å². The number of aromatic nitrogens is 2. The molecule has 0 radical (unpaired) electrons. The molecule has 3 aromatic rings. The quantitative estimate of drug-likeness (QED) is 0.366. The fourth-order valence-corrected chi connectivity index (χ4v) is 3.35. The molecule has 0 saturated carbocycles. The lowest BCUT2D eigenvalue weighted by atomic mass is 10.2. The van der Waals surface area contributed by atoms with E-state index in [0.29, 0.717) is 12.3 Å². The molecule has 2 aromatic heterocycles. The second kappa shape index (κ2) is 8.75. The van der Waals surface area contributed by atoms with Crippen LogP contribution in [0.4, 0.5) is 0 Å². The Hall–Kier alpha value is -3.07. The number of nitrogens with one attached hydrogen (secondary N) is 1. The van der Waals surface area contributed by atoms with Crippen molar-refractivity contribution in [2.24, 2.45) is 7.05 Å². The first kappa shape index (κ1) is 19.7. The number of hydrogen-bond acceptors (Lipinski definition) is 7. The number of esters is 1. The van der Waals surface area contributed by atoms with E-state index in [2.05, 4.69) is 10.3 Å². The fourth-order valence-electron chi connectivity index (χ4n) is 2.56. The average Bonchev–Trinajstić information content (AvgIpc) is 3.04. The van der Waals surface area contributed by atoms with Gasteiger partial charge in [-0.05, 0) is 19.1 Å². The molecule has 0 unspecified atom stereocenters. The van der Waals surface area contributed by atoms with Gasteiger partial charge in [-0.2, -0.15) is 0 Å². The van der Waals surface area contributed by atoms with Crippen molar-refractivity contribution in [3.63, 3.8) is 0 Å². The van der Waals surface area contributed by atoms with E-state index >= 15 is 0 Å². The van der Waals surface area contributed by atoms with Crippen LogP contribution in [-0.4, -0.2) is 40.3 Å². The first-order valence-electron chi connectivity index (χ1n) is 8.53. The summed E-state index contributed by atoms with van der Waals surface area (Å²) in [6.07, 6.45) is 1.31. The number of fused-ring (bicyclic) bond motifs is 1. The highest BCUT2D eigenvalue weighted by Crippen LogP contribution is 2.21. The topological polar surface area (TPSA) is 103 Å². The molecule has 3 rings (SSSR count). The number of benzene rings is 1. The largest absolute Gasteiger partial charge is 0.452 e. The minimum Gasteiger partial charge on any atom is -0.452 e. The molecule has 0 saturated heterocycles. The summed E-state index contributed by atoms with van der Waals surface area (Å²) in [6.45, 7) is 1.54. The number of carbonyl (C=O) groups is 2. The zero-order chi connectivity index (χ0) is 20.1. The molecule has 9 heteroatoms. The third kappa shape index (κ3) is 4.42. The molecule has 0 bridgehead atoms. The van der Waals surface area contributed by atoms with Gasteiger partial charge in [0.15, 0.2) is 6.61 Å². The number of thioether (sulfide) groups is 1. The van der Waals surface area contributed by atoms with Gasteiger partial charge in [0.25, 0.3) is 11.5 Å². The first-order chi connectivity index (χ1) is 13.5. The molecule has 0 aliphatic carbocycles. The molecule has 1 aromatic carbocycles. The second-order valence-electron chi connectivity index (χ2n) is 5.96. The summed E-state index contributed by atoms with van der Waals surface area (Å²) < 4.78 is 11.7. The van der Waals surface area contributed by atoms with Crippen LogP contribution in [0.3, 0.4) is 0 Å². The van der Waals surface area contributed by atoms with Crippen molar-refractivity contribution in [3.8, 4) is 0 Å². The molecule has 1 amide bonds. The molecule has 0 spiro atoms. The number of carbonyl (C=O) groups excluding carboxylic acids is 2. The van der Waals surface area contributed by atoms with E-state index in [0.717, 1.165) is 4.90 Å². The first-order valence-corrected chi connectivity index (χ1v) is 9.52. The maximum Gasteiger partial charge on any atom is 0.343 e. The Balaban J connectivity index is 1.53. The van der Waals surface area contributed by atoms with E-state index in [1.807, 2.05) is 30.3 Å². The van der Waals surface area contributed by atoms with E-state index in [-0.39, 0.29) is 22.4 Å². The third-order valence-corrected chi connectivity index (χ3v) is 4.94. The summed E-state index contributed by atoms with van der Waals surface area (Å²) in [4.78, 5) is 41.6. The predicted molar refractivity (Wildman–Crippen MR) is 104 cm³/mol. The van der Waals surface area contributed by atoms with Crippen LogP contribution in [0.25, 0.3) is 11.1 Å². The van der Waals surface area contributed by atoms with E-state index in [4.69, 9.17) is 9.15 Å². The summed E-state index contributed by atoms with van der Waals surface area (Å²) in [6, 6.07) is 9.82. The van der Waals surface area contributed by atoms with E-state index in [1.165, 1.54) is 17.9 Å². The van der Waals surface area contributed by atoms with Gasteiger partial charge in [-0.25, -0.2) is 9.78 Å². The minimum absolute atomic E-state index is 0.00358. The van der Waals surface area contributed by atoms with Crippen LogP contribution < -0.4 is 10.9 Å². The molecule has 28 heavy (non-hydrogen) atoms. The zero-order valence-electron chi connectivity index (χ0n) is 15.4. The molecule has 0 aliphatic rings. The van der Waals surface area contributed by atoms with Crippen LogP contribution in [0.2, 0.25) is 0 Å². The fraction of sp³-hybridized carbons (Fsp3) is 0.263. The molecule has 146 valence electrons. The Morgan fingerprint density at radius 2 is 2.04 bits per heavy atom. The van der Waals surface area contributed by atoms with Crippen LogP contribution in [0.1, 0.15) is 16.1 Å². The summed E-state index contributed by atoms with van der Waals surface area (Å²) in [5.74, 6) is -0.305. The maximum atomic E-state index is 12.4. The highest BCUT2D eigenvalue weighted by molar-refractivity contribution is 7.99. The van der Waals surface area contributed by atoms with Crippen LogP contribution >= 0.6 is 11.8 Å². The van der Waals surface area contributed by atoms with Crippen molar-refractivity contribution in [3.05, 3.63) is 58.3 Å². The van der Waals surface area contributed by atoms with E-state index in [9.17, 15) is 14.4 Å². The minimum atomic E-state index is -0.796. The number of hydrogen-bond donors (Lipinski definition) is 1.